The molecule has 0 radical (unpaired) electrons. The summed E-state index contributed by atoms with van der Waals surface area (Å²) in [5.41, 5.74) is 11.5. The third kappa shape index (κ3) is 3.14. The fraction of sp³-hybridized carbons (Fsp3) is 0.0909. The number of hydrogen-bond donors (Lipinski definition) is 2. The number of aromatic nitrogens is 6. The zero-order valence-corrected chi connectivity index (χ0v) is 16.6. The molecule has 1 aromatic carbocycles. The van der Waals surface area contributed by atoms with Gasteiger partial charge < -0.3 is 15.6 Å². The van der Waals surface area contributed by atoms with Crippen LogP contribution in [0.4, 0.5) is 17.5 Å². The molecule has 5 aromatic rings. The molecule has 0 fully saturated rings. The molecule has 4 aromatic heterocycles. The number of pyridine rings is 1. The summed E-state index contributed by atoms with van der Waals surface area (Å²) in [6, 6.07) is 14.0. The van der Waals surface area contributed by atoms with E-state index in [4.69, 9.17) is 5.73 Å². The van der Waals surface area contributed by atoms with Gasteiger partial charge in [0.05, 0.1) is 11.9 Å². The molecule has 0 bridgehead atoms. The first-order valence-electron chi connectivity index (χ1n) is 9.48. The third-order valence-electron chi connectivity index (χ3n) is 5.06. The second kappa shape index (κ2) is 7.00. The van der Waals surface area contributed by atoms with E-state index in [9.17, 15) is 0 Å². The number of fused-ring (bicyclic) bond motifs is 1. The maximum Gasteiger partial charge on any atom is 0.222 e. The molecular formula is C22H20N8. The van der Waals surface area contributed by atoms with Crippen LogP contribution in [0.1, 0.15) is 0 Å². The van der Waals surface area contributed by atoms with Crippen molar-refractivity contribution in [3.8, 4) is 22.4 Å². The van der Waals surface area contributed by atoms with Crippen LogP contribution in [0.3, 0.4) is 0 Å². The van der Waals surface area contributed by atoms with E-state index in [2.05, 4.69) is 31.1 Å². The summed E-state index contributed by atoms with van der Waals surface area (Å²) in [5, 5.41) is 5.21. The van der Waals surface area contributed by atoms with Crippen LogP contribution in [-0.4, -0.2) is 36.8 Å². The molecule has 0 saturated carbocycles. The van der Waals surface area contributed by atoms with E-state index in [1.807, 2.05) is 80.2 Å². The number of para-hydroxylation sites is 1. The molecule has 0 unspecified atom stereocenters. The van der Waals surface area contributed by atoms with Gasteiger partial charge in [0.2, 0.25) is 5.95 Å². The largest absolute Gasteiger partial charge is 0.368 e. The predicted molar refractivity (Wildman–Crippen MR) is 118 cm³/mol. The number of nitrogens with one attached hydrogen (secondary N) is 1. The van der Waals surface area contributed by atoms with E-state index in [-0.39, 0.29) is 5.95 Å². The average Bonchev–Trinajstić information content (AvgIpc) is 3.39. The lowest BCUT2D eigenvalue weighted by Crippen LogP contribution is -2.12. The number of benzene rings is 1. The molecule has 4 heterocycles. The number of rotatable bonds is 4. The summed E-state index contributed by atoms with van der Waals surface area (Å²) in [7, 11) is 3.85. The van der Waals surface area contributed by atoms with Crippen LogP contribution in [0.2, 0.25) is 0 Å². The molecule has 8 heteroatoms. The Kier molecular flexibility index (Phi) is 4.17. The fourth-order valence-corrected chi connectivity index (χ4v) is 3.49. The summed E-state index contributed by atoms with van der Waals surface area (Å²) in [4.78, 5) is 18.7. The topological polar surface area (TPSA) is 102 Å². The lowest BCUT2D eigenvalue weighted by Gasteiger charge is -2.19. The molecule has 0 atom stereocenters. The number of hydrogen-bond acceptors (Lipinski definition) is 6. The Morgan fingerprint density at radius 2 is 1.87 bits per heavy atom. The van der Waals surface area contributed by atoms with E-state index >= 15 is 0 Å². The van der Waals surface area contributed by atoms with Crippen molar-refractivity contribution >= 4 is 28.5 Å². The molecule has 0 amide bonds. The quantitative estimate of drug-likeness (QED) is 0.479. The van der Waals surface area contributed by atoms with Gasteiger partial charge in [-0.2, -0.15) is 10.1 Å². The van der Waals surface area contributed by atoms with Gasteiger partial charge in [0, 0.05) is 66.5 Å². The Morgan fingerprint density at radius 3 is 2.63 bits per heavy atom. The van der Waals surface area contributed by atoms with Gasteiger partial charge in [-0.05, 0) is 18.2 Å². The molecular weight excluding hydrogens is 376 g/mol. The smallest absolute Gasteiger partial charge is 0.222 e. The third-order valence-corrected chi connectivity index (χ3v) is 5.06. The Bertz CT molecular complexity index is 1340. The summed E-state index contributed by atoms with van der Waals surface area (Å²) >= 11 is 0. The summed E-state index contributed by atoms with van der Waals surface area (Å²) in [5.74, 6) is 0.936. The Labute approximate surface area is 173 Å². The van der Waals surface area contributed by atoms with Crippen LogP contribution in [0.15, 0.2) is 67.3 Å². The molecule has 148 valence electrons. The van der Waals surface area contributed by atoms with Crippen molar-refractivity contribution in [2.24, 2.45) is 7.05 Å². The normalized spacial score (nSPS) is 11.1. The number of aromatic amines is 1. The van der Waals surface area contributed by atoms with Crippen LogP contribution in [0, 0.1) is 0 Å². The minimum atomic E-state index is 0.219. The molecule has 0 aliphatic heterocycles. The van der Waals surface area contributed by atoms with Gasteiger partial charge in [0.25, 0.3) is 0 Å². The van der Waals surface area contributed by atoms with Gasteiger partial charge in [0.1, 0.15) is 11.5 Å². The van der Waals surface area contributed by atoms with Crippen LogP contribution >= 0.6 is 0 Å². The SMILES string of the molecule is CN(c1ccccc1)c1cc(-c2c[nH]c3ncc(-c4cnn(C)c4)cc23)nc(N)n1. The number of nitrogens with two attached hydrogens (primary N) is 1. The molecule has 0 aliphatic rings. The Morgan fingerprint density at radius 1 is 1.03 bits per heavy atom. The minimum absolute atomic E-state index is 0.219. The van der Waals surface area contributed by atoms with Crippen LogP contribution < -0.4 is 10.6 Å². The highest BCUT2D eigenvalue weighted by atomic mass is 15.2. The number of aryl methyl sites for hydroxylation is 1. The molecule has 3 N–H and O–H groups in total. The van der Waals surface area contributed by atoms with E-state index in [1.165, 1.54) is 0 Å². The van der Waals surface area contributed by atoms with E-state index in [0.717, 1.165) is 44.9 Å². The second-order valence-electron chi connectivity index (χ2n) is 7.09. The van der Waals surface area contributed by atoms with E-state index < -0.39 is 0 Å². The Balaban J connectivity index is 1.61. The number of H-pyrrole nitrogens is 1. The molecule has 30 heavy (non-hydrogen) atoms. The van der Waals surface area contributed by atoms with Crippen LogP contribution in [0.25, 0.3) is 33.4 Å². The number of nitrogen functional groups attached to an aromatic ring is 1. The van der Waals surface area contributed by atoms with Gasteiger partial charge in [-0.15, -0.1) is 0 Å². The highest BCUT2D eigenvalue weighted by Gasteiger charge is 2.15. The summed E-state index contributed by atoms with van der Waals surface area (Å²) in [6.07, 6.45) is 7.52. The lowest BCUT2D eigenvalue weighted by atomic mass is 10.1. The van der Waals surface area contributed by atoms with E-state index in [0.29, 0.717) is 0 Å². The first-order valence-corrected chi connectivity index (χ1v) is 9.48. The first-order chi connectivity index (χ1) is 14.6. The molecule has 0 aliphatic carbocycles. The fourth-order valence-electron chi connectivity index (χ4n) is 3.49. The van der Waals surface area contributed by atoms with Crippen molar-refractivity contribution in [2.45, 2.75) is 0 Å². The maximum absolute atomic E-state index is 6.06. The van der Waals surface area contributed by atoms with Crippen molar-refractivity contribution in [3.63, 3.8) is 0 Å². The number of anilines is 3. The lowest BCUT2D eigenvalue weighted by molar-refractivity contribution is 0.768. The van der Waals surface area contributed by atoms with Gasteiger partial charge in [-0.1, -0.05) is 18.2 Å². The average molecular weight is 396 g/mol. The monoisotopic (exact) mass is 396 g/mol. The maximum atomic E-state index is 6.06. The zero-order chi connectivity index (χ0) is 20.7. The summed E-state index contributed by atoms with van der Waals surface area (Å²) in [6.45, 7) is 0. The molecule has 0 saturated heterocycles. The highest BCUT2D eigenvalue weighted by molar-refractivity contribution is 5.95. The van der Waals surface area contributed by atoms with Crippen molar-refractivity contribution in [2.75, 3.05) is 17.7 Å². The summed E-state index contributed by atoms with van der Waals surface area (Å²) < 4.78 is 1.77. The molecule has 5 rings (SSSR count). The van der Waals surface area contributed by atoms with Crippen molar-refractivity contribution in [1.29, 1.82) is 0 Å². The van der Waals surface area contributed by atoms with Gasteiger partial charge in [-0.25, -0.2) is 9.97 Å². The molecule has 0 spiro atoms. The van der Waals surface area contributed by atoms with Gasteiger partial charge >= 0.3 is 0 Å². The standard InChI is InChI=1S/C22H20N8/c1-29-13-15(11-26-29)14-8-17-18(12-25-21(17)24-10-14)19-9-20(28-22(23)27-19)30(2)16-6-4-3-5-7-16/h3-13H,1-2H3,(H,24,25)(H2,23,27,28). The van der Waals surface area contributed by atoms with Gasteiger partial charge in [-0.3, -0.25) is 4.68 Å². The molecule has 8 nitrogen and oxygen atoms in total. The van der Waals surface area contributed by atoms with Gasteiger partial charge in [0.15, 0.2) is 0 Å². The van der Waals surface area contributed by atoms with Crippen molar-refractivity contribution in [3.05, 3.63) is 67.3 Å². The number of nitrogens with zero attached hydrogens (tertiary/aromatic N) is 6. The predicted octanol–water partition coefficient (Wildman–Crippen LogP) is 3.77. The van der Waals surface area contributed by atoms with Crippen molar-refractivity contribution in [1.82, 2.24) is 29.7 Å². The Hall–Kier alpha value is -4.20. The first kappa shape index (κ1) is 17.9. The second-order valence-corrected chi connectivity index (χ2v) is 7.09. The zero-order valence-electron chi connectivity index (χ0n) is 16.6. The minimum Gasteiger partial charge on any atom is -0.368 e. The van der Waals surface area contributed by atoms with E-state index in [1.54, 1.807) is 4.68 Å². The van der Waals surface area contributed by atoms with Crippen LogP contribution in [0.5, 0.6) is 0 Å². The van der Waals surface area contributed by atoms with Crippen LogP contribution in [-0.2, 0) is 7.05 Å². The highest BCUT2D eigenvalue weighted by Crippen LogP contribution is 2.32. The van der Waals surface area contributed by atoms with Crippen molar-refractivity contribution < 1.29 is 0 Å².